The molecule has 6 nitrogen and oxygen atoms in total. The highest BCUT2D eigenvalue weighted by Gasteiger charge is 2.08. The van der Waals surface area contributed by atoms with Gasteiger partial charge in [0.05, 0.1) is 4.92 Å². The molecule has 0 atom stereocenters. The second-order valence-electron chi connectivity index (χ2n) is 2.89. The molecule has 0 aliphatic heterocycles. The fourth-order valence-electron chi connectivity index (χ4n) is 0.946. The summed E-state index contributed by atoms with van der Waals surface area (Å²) in [5.74, 6) is 0.180. The van der Waals surface area contributed by atoms with Crippen LogP contribution in [0.5, 0.6) is 5.75 Å². The van der Waals surface area contributed by atoms with Crippen molar-refractivity contribution in [1.29, 1.82) is 0 Å². The lowest BCUT2D eigenvalue weighted by Gasteiger charge is -2.03. The summed E-state index contributed by atoms with van der Waals surface area (Å²) in [6.07, 6.45) is 2.15. The summed E-state index contributed by atoms with van der Waals surface area (Å²) in [5.41, 5.74) is -0.0780. The van der Waals surface area contributed by atoms with Crippen LogP contribution >= 0.6 is 0 Å². The van der Waals surface area contributed by atoms with Crippen molar-refractivity contribution in [2.24, 2.45) is 0 Å². The van der Waals surface area contributed by atoms with Gasteiger partial charge in [0, 0.05) is 12.1 Å². The van der Waals surface area contributed by atoms with Crippen LogP contribution in [0.1, 0.15) is 0 Å². The number of rotatable bonds is 4. The molecule has 0 N–H and O–H groups in total. The third kappa shape index (κ3) is 4.33. The van der Waals surface area contributed by atoms with Crippen LogP contribution in [0, 0.1) is 17.0 Å². The first-order valence-electron chi connectivity index (χ1n) is 4.67. The van der Waals surface area contributed by atoms with Gasteiger partial charge in [0.1, 0.15) is 12.4 Å². The molecule has 0 saturated carbocycles. The lowest BCUT2D eigenvalue weighted by atomic mass is 10.3. The molecule has 1 aromatic rings. The number of non-ortho nitro benzene ring substituents is 1. The van der Waals surface area contributed by atoms with E-state index in [0.717, 1.165) is 0 Å². The zero-order valence-electron chi connectivity index (χ0n) is 8.87. The van der Waals surface area contributed by atoms with E-state index < -0.39 is 11.1 Å². The smallest absolute Gasteiger partial charge is 0.430 e. The van der Waals surface area contributed by atoms with Crippen LogP contribution in [0.3, 0.4) is 0 Å². The third-order valence-electron chi connectivity index (χ3n) is 1.71. The molecular weight excluding hydrogens is 226 g/mol. The van der Waals surface area contributed by atoms with Crippen LogP contribution in [0.2, 0.25) is 0 Å². The Bertz CT molecular complexity index is 424. The maximum Gasteiger partial charge on any atom is 0.514 e. The van der Waals surface area contributed by atoms with Crippen molar-refractivity contribution in [3.8, 4) is 5.75 Å². The minimum Gasteiger partial charge on any atom is -0.430 e. The van der Waals surface area contributed by atoms with Gasteiger partial charge in [-0.2, -0.15) is 0 Å². The molecule has 17 heavy (non-hydrogen) atoms. The molecule has 6 heteroatoms. The quantitative estimate of drug-likeness (QED) is 0.347. The normalized spacial score (nSPS) is 10.2. The van der Waals surface area contributed by atoms with Crippen molar-refractivity contribution in [2.75, 3.05) is 6.61 Å². The number of nitrogens with zero attached hydrogens (tertiary/aromatic N) is 1. The van der Waals surface area contributed by atoms with E-state index in [-0.39, 0.29) is 18.0 Å². The molecule has 0 fully saturated rings. The lowest BCUT2D eigenvalue weighted by Crippen LogP contribution is -2.10. The highest BCUT2D eigenvalue weighted by atomic mass is 16.7. The van der Waals surface area contributed by atoms with E-state index in [1.165, 1.54) is 36.4 Å². The van der Waals surface area contributed by atoms with Gasteiger partial charge < -0.3 is 9.47 Å². The van der Waals surface area contributed by atoms with Gasteiger partial charge in [-0.15, -0.1) is 0 Å². The van der Waals surface area contributed by atoms with Crippen LogP contribution in [0.25, 0.3) is 0 Å². The molecule has 0 saturated heterocycles. The summed E-state index contributed by atoms with van der Waals surface area (Å²) in [7, 11) is 0. The highest BCUT2D eigenvalue weighted by Crippen LogP contribution is 2.17. The molecule has 1 rings (SSSR count). The standard InChI is InChI=1S/C11H10NO5/c1-2-3-8-16-11(13)17-10-6-4-9(5-7-10)12(14)15/h2-7H,1,8H2/b3-2+. The molecule has 0 aliphatic rings. The van der Waals surface area contributed by atoms with Crippen LogP contribution in [0.4, 0.5) is 10.5 Å². The Balaban J connectivity index is 2.51. The zero-order valence-corrected chi connectivity index (χ0v) is 8.87. The van der Waals surface area contributed by atoms with Crippen molar-refractivity contribution in [1.82, 2.24) is 0 Å². The number of allylic oxidation sites excluding steroid dienone is 1. The number of nitro groups is 1. The predicted octanol–water partition coefficient (Wildman–Crippen LogP) is 2.50. The number of ether oxygens (including phenoxy) is 2. The van der Waals surface area contributed by atoms with Crippen molar-refractivity contribution < 1.29 is 19.2 Å². The number of hydrogen-bond acceptors (Lipinski definition) is 5. The van der Waals surface area contributed by atoms with Crippen LogP contribution in [-0.4, -0.2) is 17.7 Å². The van der Waals surface area contributed by atoms with Gasteiger partial charge in [-0.3, -0.25) is 10.1 Å². The second-order valence-corrected chi connectivity index (χ2v) is 2.89. The first-order valence-corrected chi connectivity index (χ1v) is 4.67. The predicted molar refractivity (Wildman–Crippen MR) is 59.6 cm³/mol. The fourth-order valence-corrected chi connectivity index (χ4v) is 0.946. The topological polar surface area (TPSA) is 78.7 Å². The number of nitro benzene ring substituents is 1. The van der Waals surface area contributed by atoms with Gasteiger partial charge in [0.25, 0.3) is 5.69 Å². The molecule has 1 aromatic carbocycles. The summed E-state index contributed by atoms with van der Waals surface area (Å²) in [6.45, 7) is 3.48. The molecule has 0 aliphatic carbocycles. The lowest BCUT2D eigenvalue weighted by molar-refractivity contribution is -0.384. The molecule has 0 heterocycles. The van der Waals surface area contributed by atoms with E-state index in [1.807, 2.05) is 0 Å². The fraction of sp³-hybridized carbons (Fsp3) is 0.0909. The molecule has 0 bridgehead atoms. The van der Waals surface area contributed by atoms with Crippen molar-refractivity contribution in [3.63, 3.8) is 0 Å². The molecule has 0 aromatic heterocycles. The summed E-state index contributed by atoms with van der Waals surface area (Å²) in [4.78, 5) is 20.9. The molecular formula is C11H10NO5. The monoisotopic (exact) mass is 236 g/mol. The Morgan fingerprint density at radius 1 is 1.41 bits per heavy atom. The average Bonchev–Trinajstić information content (AvgIpc) is 2.30. The Morgan fingerprint density at radius 3 is 2.59 bits per heavy atom. The first-order chi connectivity index (χ1) is 8.13. The first kappa shape index (κ1) is 12.7. The Morgan fingerprint density at radius 2 is 2.06 bits per heavy atom. The minimum absolute atomic E-state index is 0.0648. The van der Waals surface area contributed by atoms with E-state index in [0.29, 0.717) is 0 Å². The van der Waals surface area contributed by atoms with E-state index in [1.54, 1.807) is 0 Å². The van der Waals surface area contributed by atoms with E-state index >= 15 is 0 Å². The largest absolute Gasteiger partial charge is 0.514 e. The van der Waals surface area contributed by atoms with Gasteiger partial charge in [-0.05, 0) is 19.1 Å². The van der Waals surface area contributed by atoms with Crippen molar-refractivity contribution >= 4 is 11.8 Å². The Kier molecular flexibility index (Phi) is 4.68. The van der Waals surface area contributed by atoms with Gasteiger partial charge in [0.2, 0.25) is 0 Å². The molecule has 0 spiro atoms. The van der Waals surface area contributed by atoms with Gasteiger partial charge >= 0.3 is 6.16 Å². The Hall–Kier alpha value is -2.37. The maximum absolute atomic E-state index is 11.1. The number of hydrogen-bond donors (Lipinski definition) is 0. The highest BCUT2D eigenvalue weighted by molar-refractivity contribution is 5.64. The number of benzene rings is 1. The van der Waals surface area contributed by atoms with Crippen LogP contribution in [-0.2, 0) is 4.74 Å². The molecule has 89 valence electrons. The SMILES string of the molecule is [CH2]/C=C/COC(=O)Oc1ccc([N+](=O)[O-])cc1. The van der Waals surface area contributed by atoms with Crippen LogP contribution in [0.15, 0.2) is 36.4 Å². The summed E-state index contributed by atoms with van der Waals surface area (Å²) >= 11 is 0. The summed E-state index contributed by atoms with van der Waals surface area (Å²) < 4.78 is 9.40. The molecule has 0 amide bonds. The summed E-state index contributed by atoms with van der Waals surface area (Å²) in [5, 5.41) is 10.4. The summed E-state index contributed by atoms with van der Waals surface area (Å²) in [6, 6.07) is 5.10. The van der Waals surface area contributed by atoms with E-state index in [2.05, 4.69) is 11.7 Å². The molecule has 1 radical (unpaired) electrons. The van der Waals surface area contributed by atoms with E-state index in [4.69, 9.17) is 4.74 Å². The van der Waals surface area contributed by atoms with Gasteiger partial charge in [0.15, 0.2) is 0 Å². The van der Waals surface area contributed by atoms with Crippen molar-refractivity contribution in [2.45, 2.75) is 0 Å². The molecule has 0 unspecified atom stereocenters. The Labute approximate surface area is 97.6 Å². The van der Waals surface area contributed by atoms with Gasteiger partial charge in [-0.1, -0.05) is 12.2 Å². The van der Waals surface area contributed by atoms with Crippen LogP contribution < -0.4 is 4.74 Å². The number of carbonyl (C=O) groups is 1. The zero-order chi connectivity index (χ0) is 12.7. The van der Waals surface area contributed by atoms with E-state index in [9.17, 15) is 14.9 Å². The maximum atomic E-state index is 11.1. The average molecular weight is 236 g/mol. The number of carbonyl (C=O) groups excluding carboxylic acids is 1. The third-order valence-corrected chi connectivity index (χ3v) is 1.71. The van der Waals surface area contributed by atoms with Crippen molar-refractivity contribution in [3.05, 3.63) is 53.5 Å². The minimum atomic E-state index is -0.878. The second kappa shape index (κ2) is 6.26. The van der Waals surface area contributed by atoms with Gasteiger partial charge in [-0.25, -0.2) is 4.79 Å².